The topological polar surface area (TPSA) is 132 Å². The van der Waals surface area contributed by atoms with Gasteiger partial charge >= 0.3 is 0 Å². The van der Waals surface area contributed by atoms with Gasteiger partial charge in [-0.2, -0.15) is 10.2 Å². The monoisotopic (exact) mass is 573 g/mol. The Morgan fingerprint density at radius 2 is 1.93 bits per heavy atom. The van der Waals surface area contributed by atoms with Crippen molar-refractivity contribution in [3.05, 3.63) is 65.6 Å². The molecule has 10 nitrogen and oxygen atoms in total. The van der Waals surface area contributed by atoms with Gasteiger partial charge in [0, 0.05) is 43.5 Å². The molecule has 4 aromatic rings. The summed E-state index contributed by atoms with van der Waals surface area (Å²) >= 11 is 0. The van der Waals surface area contributed by atoms with Crippen LogP contribution in [0.25, 0.3) is 22.0 Å². The Morgan fingerprint density at radius 1 is 1.14 bits per heavy atom. The number of aliphatic hydroxyl groups excluding tert-OH is 1. The lowest BCUT2D eigenvalue weighted by molar-refractivity contribution is 0.0736. The summed E-state index contributed by atoms with van der Waals surface area (Å²) in [6.45, 7) is 5.16. The predicted octanol–water partition coefficient (Wildman–Crippen LogP) is 4.56. The molecule has 6 rings (SSSR count). The number of carbonyl (C=O) groups excluding carboxylic acids is 1. The molecule has 1 N–H and O–H groups in total. The van der Waals surface area contributed by atoms with Gasteiger partial charge in [0.15, 0.2) is 5.82 Å². The van der Waals surface area contributed by atoms with Crippen LogP contribution < -0.4 is 4.90 Å². The van der Waals surface area contributed by atoms with E-state index in [1.165, 1.54) is 35.5 Å². The summed E-state index contributed by atoms with van der Waals surface area (Å²) in [6, 6.07) is 8.12. The molecule has 0 spiro atoms. The molecule has 2 atom stereocenters. The Balaban J connectivity index is 1.27. The number of hydrogen-bond acceptors (Lipinski definition) is 9. The average molecular weight is 574 g/mol. The molecule has 42 heavy (non-hydrogen) atoms. The van der Waals surface area contributed by atoms with Crippen LogP contribution in [-0.4, -0.2) is 67.8 Å². The summed E-state index contributed by atoms with van der Waals surface area (Å²) in [6.07, 6.45) is 2.15. The highest BCUT2D eigenvalue weighted by Crippen LogP contribution is 2.37. The summed E-state index contributed by atoms with van der Waals surface area (Å²) in [5, 5.41) is 23.6. The van der Waals surface area contributed by atoms with Gasteiger partial charge in [-0.05, 0) is 42.7 Å². The van der Waals surface area contributed by atoms with Crippen LogP contribution in [0.2, 0.25) is 0 Å². The number of benzene rings is 2. The molecular formula is C30H29F2N7O3. The Hall–Kier alpha value is -4.50. The number of amides is 1. The maximum Gasteiger partial charge on any atom is 0.257 e. The van der Waals surface area contributed by atoms with Gasteiger partial charge in [0.2, 0.25) is 5.89 Å². The van der Waals surface area contributed by atoms with Gasteiger partial charge in [-0.25, -0.2) is 18.7 Å². The van der Waals surface area contributed by atoms with E-state index in [2.05, 4.69) is 20.1 Å². The Labute approximate surface area is 240 Å². The van der Waals surface area contributed by atoms with E-state index in [1.54, 1.807) is 6.07 Å². The number of halogens is 2. The lowest BCUT2D eigenvalue weighted by atomic mass is 9.95. The highest BCUT2D eigenvalue weighted by Gasteiger charge is 2.36. The quantitative estimate of drug-likeness (QED) is 0.365. The maximum atomic E-state index is 15.3. The van der Waals surface area contributed by atoms with Gasteiger partial charge in [-0.1, -0.05) is 25.1 Å². The third-order valence-electron chi connectivity index (χ3n) is 8.03. The predicted molar refractivity (Wildman–Crippen MR) is 149 cm³/mol. The van der Waals surface area contributed by atoms with E-state index in [0.29, 0.717) is 47.3 Å². The van der Waals surface area contributed by atoms with Crippen LogP contribution in [0, 0.1) is 23.0 Å². The first-order chi connectivity index (χ1) is 20.2. The zero-order valence-corrected chi connectivity index (χ0v) is 23.2. The second kappa shape index (κ2) is 11.1. The summed E-state index contributed by atoms with van der Waals surface area (Å²) in [4.78, 5) is 29.5. The van der Waals surface area contributed by atoms with E-state index >= 15 is 8.78 Å². The van der Waals surface area contributed by atoms with E-state index < -0.39 is 29.7 Å². The molecule has 12 heteroatoms. The number of aromatic nitrogens is 4. The largest absolute Gasteiger partial charge is 0.391 e. The van der Waals surface area contributed by atoms with Crippen molar-refractivity contribution < 1.29 is 23.2 Å². The molecule has 0 aliphatic carbocycles. The van der Waals surface area contributed by atoms with Crippen molar-refractivity contribution in [2.45, 2.75) is 57.1 Å². The minimum absolute atomic E-state index is 0.0358. The molecule has 216 valence electrons. The Bertz CT molecular complexity index is 1690. The van der Waals surface area contributed by atoms with E-state index in [-0.39, 0.29) is 35.8 Å². The van der Waals surface area contributed by atoms with Crippen LogP contribution in [-0.2, 0) is 0 Å². The summed E-state index contributed by atoms with van der Waals surface area (Å²) in [5.41, 5.74) is 1.02. The third kappa shape index (κ3) is 4.94. The van der Waals surface area contributed by atoms with E-state index in [0.717, 1.165) is 12.8 Å². The molecule has 2 aliphatic heterocycles. The smallest absolute Gasteiger partial charge is 0.257 e. The molecule has 4 heterocycles. The fourth-order valence-corrected chi connectivity index (χ4v) is 5.76. The molecule has 0 radical (unpaired) electrons. The highest BCUT2D eigenvalue weighted by molar-refractivity contribution is 6.01. The second-order valence-electron chi connectivity index (χ2n) is 11.1. The zero-order chi connectivity index (χ0) is 29.5. The van der Waals surface area contributed by atoms with Crippen molar-refractivity contribution in [2.24, 2.45) is 0 Å². The number of β-amino-alcohol motifs (C(OH)–C–C–N with tert-alkyl or cyclic N) is 1. The number of anilines is 1. The van der Waals surface area contributed by atoms with Crippen molar-refractivity contribution in [3.8, 4) is 17.2 Å². The first-order valence-electron chi connectivity index (χ1n) is 13.9. The van der Waals surface area contributed by atoms with Crippen LogP contribution >= 0.6 is 0 Å². The van der Waals surface area contributed by atoms with Crippen LogP contribution in [0.4, 0.5) is 14.6 Å². The number of likely N-dealkylation sites (tertiary alicyclic amines) is 1. The summed E-state index contributed by atoms with van der Waals surface area (Å²) in [5.74, 6) is 0.0847. The molecule has 2 saturated heterocycles. The highest BCUT2D eigenvalue weighted by atomic mass is 19.1. The Kier molecular flexibility index (Phi) is 7.28. The fourth-order valence-electron chi connectivity index (χ4n) is 5.76. The van der Waals surface area contributed by atoms with Crippen LogP contribution in [0.1, 0.15) is 67.0 Å². The molecule has 1 amide bonds. The first-order valence-corrected chi connectivity index (χ1v) is 13.9. The number of aliphatic hydroxyl groups is 1. The number of carbonyl (C=O) groups is 1. The van der Waals surface area contributed by atoms with Gasteiger partial charge in [0.05, 0.1) is 28.6 Å². The van der Waals surface area contributed by atoms with Crippen molar-refractivity contribution in [1.29, 1.82) is 5.26 Å². The molecule has 2 aromatic heterocycles. The van der Waals surface area contributed by atoms with E-state index in [4.69, 9.17) is 4.52 Å². The van der Waals surface area contributed by atoms with Crippen LogP contribution in [0.15, 0.2) is 41.2 Å². The van der Waals surface area contributed by atoms with Crippen LogP contribution in [0.5, 0.6) is 0 Å². The minimum atomic E-state index is -0.831. The average Bonchev–Trinajstić information content (AvgIpc) is 3.64. The third-order valence-corrected chi connectivity index (χ3v) is 8.03. The van der Waals surface area contributed by atoms with Gasteiger partial charge in [0.25, 0.3) is 5.91 Å². The van der Waals surface area contributed by atoms with Crippen molar-refractivity contribution in [3.63, 3.8) is 0 Å². The number of hydrogen-bond donors (Lipinski definition) is 1. The first kappa shape index (κ1) is 27.7. The molecular weight excluding hydrogens is 544 g/mol. The van der Waals surface area contributed by atoms with E-state index in [1.807, 2.05) is 24.8 Å². The van der Waals surface area contributed by atoms with Gasteiger partial charge in [0.1, 0.15) is 29.8 Å². The van der Waals surface area contributed by atoms with Crippen molar-refractivity contribution >= 4 is 22.6 Å². The van der Waals surface area contributed by atoms with Gasteiger partial charge in [-0.3, -0.25) is 4.79 Å². The van der Waals surface area contributed by atoms with Crippen LogP contribution in [0.3, 0.4) is 0 Å². The number of fused-ring (bicyclic) bond motifs is 1. The SMILES string of the molecule is CC(C)c1nc(C2CCN(c3ncnc4c(-c5ccc(C(=O)N6CC(O)CC6C#N)c(F)c5)ccc(F)c34)CC2)no1. The standard InChI is InChI=1S/C30H29F2N7O3/c1-16(2)29-36-27(37-42-29)17-7-9-38(10-8-17)28-25-23(31)6-5-21(26(25)34-15-35-28)18-3-4-22(24(32)11-18)30(41)39-14-20(40)12-19(39)13-33/h3-6,11,15-17,19-20,40H,7-10,12,14H2,1-2H3. The summed E-state index contributed by atoms with van der Waals surface area (Å²) in [7, 11) is 0. The molecule has 2 aromatic carbocycles. The molecule has 0 bridgehead atoms. The maximum absolute atomic E-state index is 15.3. The van der Waals surface area contributed by atoms with Gasteiger partial charge in [-0.15, -0.1) is 0 Å². The Morgan fingerprint density at radius 3 is 2.62 bits per heavy atom. The number of nitriles is 1. The molecule has 2 fully saturated rings. The van der Waals surface area contributed by atoms with Crippen molar-refractivity contribution in [1.82, 2.24) is 25.0 Å². The lowest BCUT2D eigenvalue weighted by Crippen LogP contribution is -2.35. The van der Waals surface area contributed by atoms with E-state index in [9.17, 15) is 15.2 Å². The lowest BCUT2D eigenvalue weighted by Gasteiger charge is -2.32. The van der Waals surface area contributed by atoms with Gasteiger partial charge < -0.3 is 19.4 Å². The molecule has 2 unspecified atom stereocenters. The molecule has 0 saturated carbocycles. The number of nitrogens with zero attached hydrogens (tertiary/aromatic N) is 7. The minimum Gasteiger partial charge on any atom is -0.391 e. The summed E-state index contributed by atoms with van der Waals surface area (Å²) < 4.78 is 36.0. The number of rotatable bonds is 5. The van der Waals surface area contributed by atoms with Crippen molar-refractivity contribution in [2.75, 3.05) is 24.5 Å². The zero-order valence-electron chi connectivity index (χ0n) is 23.2. The number of piperidine rings is 1. The molecule has 2 aliphatic rings. The fraction of sp³-hybridized carbons (Fsp3) is 0.400. The normalized spacial score (nSPS) is 19.5. The second-order valence-corrected chi connectivity index (χ2v) is 11.1.